The summed E-state index contributed by atoms with van der Waals surface area (Å²) in [5, 5.41) is 60.6. The van der Waals surface area contributed by atoms with Crippen LogP contribution in [0.15, 0.2) is 97.1 Å². The highest BCUT2D eigenvalue weighted by atomic mass is 16.6. The minimum atomic E-state index is -0.883. The van der Waals surface area contributed by atoms with Gasteiger partial charge in [-0.05, 0) is 41.5 Å². The molecule has 1 N–H and O–H groups in total. The zero-order chi connectivity index (χ0) is 35.3. The van der Waals surface area contributed by atoms with Crippen molar-refractivity contribution in [2.24, 2.45) is 0 Å². The van der Waals surface area contributed by atoms with E-state index in [-0.39, 0.29) is 41.0 Å². The van der Waals surface area contributed by atoms with Crippen LogP contribution in [0.3, 0.4) is 0 Å². The zero-order valence-corrected chi connectivity index (χ0v) is 25.7. The Morgan fingerprint density at radius 2 is 1.14 bits per heavy atom. The third kappa shape index (κ3) is 5.42. The summed E-state index contributed by atoms with van der Waals surface area (Å²) in [6.07, 6.45) is 0.604. The number of non-ortho nitro benzene ring substituents is 2. The summed E-state index contributed by atoms with van der Waals surface area (Å²) in [5.74, 6) is 0.401. The number of rotatable bonds is 10. The van der Waals surface area contributed by atoms with Crippen molar-refractivity contribution in [2.45, 2.75) is 12.6 Å². The Morgan fingerprint density at radius 3 is 1.60 bits per heavy atom. The number of nitro groups is 4. The summed E-state index contributed by atoms with van der Waals surface area (Å²) < 4.78 is 7.90. The highest BCUT2D eigenvalue weighted by Crippen LogP contribution is 2.55. The molecular formula is C35H23N5O10. The van der Waals surface area contributed by atoms with E-state index in [0.29, 0.717) is 23.4 Å². The molecule has 0 spiro atoms. The summed E-state index contributed by atoms with van der Waals surface area (Å²) in [6, 6.07) is 25.8. The molecule has 50 heavy (non-hydrogen) atoms. The van der Waals surface area contributed by atoms with Crippen LogP contribution in [-0.2, 0) is 6.54 Å². The summed E-state index contributed by atoms with van der Waals surface area (Å²) >= 11 is 0. The van der Waals surface area contributed by atoms with Gasteiger partial charge >= 0.3 is 0 Å². The number of hydrogen-bond acceptors (Lipinski definition) is 10. The number of fused-ring (bicyclic) bond motifs is 6. The van der Waals surface area contributed by atoms with Crippen molar-refractivity contribution in [3.63, 3.8) is 0 Å². The van der Waals surface area contributed by atoms with Gasteiger partial charge in [-0.2, -0.15) is 0 Å². The van der Waals surface area contributed by atoms with Crippen LogP contribution in [-0.4, -0.2) is 42.1 Å². The number of nitrogens with zero attached hydrogens (tertiary/aromatic N) is 5. The van der Waals surface area contributed by atoms with Crippen molar-refractivity contribution in [2.75, 3.05) is 6.61 Å². The molecule has 248 valence electrons. The molecule has 0 amide bonds. The van der Waals surface area contributed by atoms with E-state index in [1.807, 2.05) is 53.1 Å². The topological polar surface area (TPSA) is 207 Å². The van der Waals surface area contributed by atoms with Gasteiger partial charge in [0.25, 0.3) is 22.7 Å². The van der Waals surface area contributed by atoms with E-state index in [0.717, 1.165) is 33.9 Å². The predicted octanol–water partition coefficient (Wildman–Crippen LogP) is 7.44. The number of hydrogen-bond donors (Lipinski definition) is 1. The minimum absolute atomic E-state index is 0.0390. The van der Waals surface area contributed by atoms with Crippen LogP contribution in [0, 0.1) is 40.5 Å². The normalized spacial score (nSPS) is 12.4. The fourth-order valence-electron chi connectivity index (χ4n) is 6.46. The molecule has 0 fully saturated rings. The molecule has 1 aromatic heterocycles. The SMILES string of the molecule is O=[N+]([O-])c1cc2c(c([N+](=O)[O-])c1)-c1c(cc([N+](=O)[O-])cc1[N+](=O)[O-])C2=Cc1ccc(OCC(O)Cn2c3ccccc3c3ccccc32)cc1. The lowest BCUT2D eigenvalue weighted by Crippen LogP contribution is -2.23. The van der Waals surface area contributed by atoms with Crippen LogP contribution in [0.1, 0.15) is 16.7 Å². The molecule has 1 unspecified atom stereocenters. The molecule has 15 heteroatoms. The Morgan fingerprint density at radius 1 is 0.660 bits per heavy atom. The average Bonchev–Trinajstić information content (AvgIpc) is 3.59. The predicted molar refractivity (Wildman–Crippen MR) is 183 cm³/mol. The molecule has 5 aromatic carbocycles. The molecule has 7 rings (SSSR count). The molecule has 0 saturated carbocycles. The molecule has 0 bridgehead atoms. The molecule has 0 saturated heterocycles. The third-order valence-electron chi connectivity index (χ3n) is 8.56. The van der Waals surface area contributed by atoms with Gasteiger partial charge in [0, 0.05) is 45.1 Å². The Bertz CT molecular complexity index is 2320. The van der Waals surface area contributed by atoms with Crippen molar-refractivity contribution in [1.29, 1.82) is 0 Å². The molecule has 1 heterocycles. The first kappa shape index (κ1) is 31.6. The van der Waals surface area contributed by atoms with Crippen LogP contribution < -0.4 is 4.74 Å². The number of nitro benzene ring substituents is 4. The molecular weight excluding hydrogens is 650 g/mol. The molecule has 15 nitrogen and oxygen atoms in total. The maximum Gasteiger partial charge on any atom is 0.284 e. The molecule has 0 radical (unpaired) electrons. The van der Waals surface area contributed by atoms with Crippen LogP contribution in [0.25, 0.3) is 44.6 Å². The summed E-state index contributed by atoms with van der Waals surface area (Å²) in [6.45, 7) is 0.232. The van der Waals surface area contributed by atoms with Gasteiger partial charge in [0.15, 0.2) is 0 Å². The summed E-state index contributed by atoms with van der Waals surface area (Å²) in [7, 11) is 0. The van der Waals surface area contributed by atoms with Gasteiger partial charge in [0.2, 0.25) is 0 Å². The van der Waals surface area contributed by atoms with Gasteiger partial charge < -0.3 is 14.4 Å². The van der Waals surface area contributed by atoms with Crippen molar-refractivity contribution in [3.8, 4) is 16.9 Å². The van der Waals surface area contributed by atoms with E-state index >= 15 is 0 Å². The van der Waals surface area contributed by atoms with Crippen LogP contribution in [0.4, 0.5) is 22.7 Å². The van der Waals surface area contributed by atoms with E-state index in [2.05, 4.69) is 0 Å². The second kappa shape index (κ2) is 12.2. The number of para-hydroxylation sites is 2. The standard InChI is InChI=1S/C35H23N5O10/c41-23(18-36-30-7-3-1-5-25(30)26-6-2-4-8-31(26)36)19-50-24-11-9-20(10-12-24)13-27-28-14-21(37(42)43)16-32(39(46)47)34(28)35-29(27)15-22(38(44)45)17-33(35)40(48)49/h1-17,23,41H,18-19H2. The van der Waals surface area contributed by atoms with Crippen LogP contribution in [0.2, 0.25) is 0 Å². The maximum absolute atomic E-state index is 12.1. The highest BCUT2D eigenvalue weighted by Gasteiger charge is 2.40. The first-order chi connectivity index (χ1) is 24.0. The quantitative estimate of drug-likeness (QED) is 0.112. The van der Waals surface area contributed by atoms with Crippen LogP contribution >= 0.6 is 0 Å². The van der Waals surface area contributed by atoms with Gasteiger partial charge in [-0.15, -0.1) is 0 Å². The smallest absolute Gasteiger partial charge is 0.284 e. The molecule has 1 aliphatic rings. The zero-order valence-electron chi connectivity index (χ0n) is 25.7. The molecule has 0 aliphatic heterocycles. The molecule has 1 atom stereocenters. The van der Waals surface area contributed by atoms with Crippen molar-refractivity contribution >= 4 is 56.2 Å². The van der Waals surface area contributed by atoms with E-state index in [4.69, 9.17) is 4.74 Å². The fraction of sp³-hybridized carbons (Fsp3) is 0.0857. The number of aliphatic hydroxyl groups excluding tert-OH is 1. The van der Waals surface area contributed by atoms with E-state index in [1.165, 1.54) is 6.08 Å². The van der Waals surface area contributed by atoms with Crippen molar-refractivity contribution < 1.29 is 29.5 Å². The number of aliphatic hydroxyl groups is 1. The van der Waals surface area contributed by atoms with E-state index < -0.39 is 48.5 Å². The Kier molecular flexibility index (Phi) is 7.72. The lowest BCUT2D eigenvalue weighted by atomic mass is 10.00. The first-order valence-electron chi connectivity index (χ1n) is 15.0. The van der Waals surface area contributed by atoms with Gasteiger partial charge in [0.05, 0.1) is 49.5 Å². The summed E-state index contributed by atoms with van der Waals surface area (Å²) in [4.78, 5) is 44.2. The summed E-state index contributed by atoms with van der Waals surface area (Å²) in [5.41, 5.74) is -0.874. The third-order valence-corrected chi connectivity index (χ3v) is 8.56. The monoisotopic (exact) mass is 673 g/mol. The minimum Gasteiger partial charge on any atom is -0.491 e. The maximum atomic E-state index is 12.1. The molecule has 1 aliphatic carbocycles. The van der Waals surface area contributed by atoms with Gasteiger partial charge in [-0.1, -0.05) is 48.5 Å². The van der Waals surface area contributed by atoms with Gasteiger partial charge in [-0.25, -0.2) is 0 Å². The second-order valence-corrected chi connectivity index (χ2v) is 11.5. The van der Waals surface area contributed by atoms with Gasteiger partial charge in [0.1, 0.15) is 18.5 Å². The second-order valence-electron chi connectivity index (χ2n) is 11.5. The largest absolute Gasteiger partial charge is 0.491 e. The van der Waals surface area contributed by atoms with Crippen molar-refractivity contribution in [1.82, 2.24) is 4.57 Å². The highest BCUT2D eigenvalue weighted by molar-refractivity contribution is 6.12. The van der Waals surface area contributed by atoms with Gasteiger partial charge in [-0.3, -0.25) is 40.5 Å². The fourth-order valence-corrected chi connectivity index (χ4v) is 6.46. The molecule has 6 aromatic rings. The average molecular weight is 674 g/mol. The van der Waals surface area contributed by atoms with E-state index in [1.54, 1.807) is 24.3 Å². The number of ether oxygens (including phenoxy) is 1. The first-order valence-corrected chi connectivity index (χ1v) is 15.0. The van der Waals surface area contributed by atoms with E-state index in [9.17, 15) is 45.6 Å². The number of aromatic nitrogens is 1. The lowest BCUT2D eigenvalue weighted by molar-refractivity contribution is -0.395. The van der Waals surface area contributed by atoms with Crippen LogP contribution in [0.5, 0.6) is 5.75 Å². The van der Waals surface area contributed by atoms with Crippen molar-refractivity contribution in [3.05, 3.63) is 154 Å². The lowest BCUT2D eigenvalue weighted by Gasteiger charge is -2.15. The Hall–Kier alpha value is -7.00. The Balaban J connectivity index is 1.21. The Labute approximate surface area is 280 Å². The number of benzene rings is 5.